The van der Waals surface area contributed by atoms with Gasteiger partial charge in [0.25, 0.3) is 5.69 Å². The summed E-state index contributed by atoms with van der Waals surface area (Å²) < 4.78 is 5.52. The zero-order valence-corrected chi connectivity index (χ0v) is 11.4. The zero-order chi connectivity index (χ0) is 13.5. The number of nitro groups is 1. The van der Waals surface area contributed by atoms with Crippen molar-refractivity contribution in [3.8, 4) is 0 Å². The highest BCUT2D eigenvalue weighted by molar-refractivity contribution is 9.10. The summed E-state index contributed by atoms with van der Waals surface area (Å²) in [5.74, 6) is 0. The second-order valence-electron chi connectivity index (χ2n) is 4.54. The lowest BCUT2D eigenvalue weighted by Crippen LogP contribution is -2.30. The van der Waals surface area contributed by atoms with Gasteiger partial charge in [0.1, 0.15) is 5.60 Å². The number of cyclic esters (lactones) is 1. The Morgan fingerprint density at radius 1 is 1.50 bits per heavy atom. The van der Waals surface area contributed by atoms with Gasteiger partial charge < -0.3 is 10.1 Å². The molecule has 7 heteroatoms. The third-order valence-corrected chi connectivity index (χ3v) is 3.48. The van der Waals surface area contributed by atoms with Crippen LogP contribution in [0.15, 0.2) is 22.7 Å². The lowest BCUT2D eigenvalue weighted by Gasteiger charge is -2.23. The van der Waals surface area contributed by atoms with Crippen molar-refractivity contribution in [2.45, 2.75) is 25.5 Å². The van der Waals surface area contributed by atoms with Gasteiger partial charge >= 0.3 is 6.09 Å². The fourth-order valence-electron chi connectivity index (χ4n) is 1.95. The van der Waals surface area contributed by atoms with E-state index in [1.165, 1.54) is 6.07 Å². The van der Waals surface area contributed by atoms with Crippen LogP contribution in [-0.4, -0.2) is 16.6 Å². The smallest absolute Gasteiger partial charge is 0.408 e. The Morgan fingerprint density at radius 2 is 2.17 bits per heavy atom. The Kier molecular flexibility index (Phi) is 3.02. The van der Waals surface area contributed by atoms with E-state index in [0.29, 0.717) is 10.0 Å². The second-order valence-corrected chi connectivity index (χ2v) is 5.39. The first-order chi connectivity index (χ1) is 8.31. The van der Waals surface area contributed by atoms with E-state index >= 15 is 0 Å². The number of carbonyl (C=O) groups is 1. The van der Waals surface area contributed by atoms with E-state index in [9.17, 15) is 14.9 Å². The number of alkyl carbamates (subject to hydrolysis) is 1. The Morgan fingerprint density at radius 3 is 2.67 bits per heavy atom. The molecule has 1 unspecified atom stereocenters. The normalized spacial score (nSPS) is 21.3. The standard InChI is InChI=1S/C11H11BrN2O4/c1-11(2)9(13-10(15)18-11)6-3-4-7(12)8(5-6)14(16)17/h3-5,9H,1-2H3,(H,13,15). The van der Waals surface area contributed by atoms with Crippen LogP contribution in [0.2, 0.25) is 0 Å². The van der Waals surface area contributed by atoms with Gasteiger partial charge in [0.05, 0.1) is 15.4 Å². The molecule has 1 amide bonds. The highest BCUT2D eigenvalue weighted by Crippen LogP contribution is 2.36. The maximum absolute atomic E-state index is 11.3. The quantitative estimate of drug-likeness (QED) is 0.672. The number of hydrogen-bond acceptors (Lipinski definition) is 4. The number of carbonyl (C=O) groups excluding carboxylic acids is 1. The van der Waals surface area contributed by atoms with Crippen LogP contribution in [0.3, 0.4) is 0 Å². The third-order valence-electron chi connectivity index (χ3n) is 2.81. The predicted molar refractivity (Wildman–Crippen MR) is 67.2 cm³/mol. The molecule has 1 aromatic rings. The van der Waals surface area contributed by atoms with Crippen LogP contribution in [-0.2, 0) is 4.74 Å². The SMILES string of the molecule is CC1(C)OC(=O)NC1c1ccc(Br)c([N+](=O)[O-])c1. The van der Waals surface area contributed by atoms with Crippen molar-refractivity contribution >= 4 is 27.7 Å². The molecule has 0 saturated carbocycles. The van der Waals surface area contributed by atoms with Crippen LogP contribution in [0.4, 0.5) is 10.5 Å². The Hall–Kier alpha value is -1.63. The molecule has 18 heavy (non-hydrogen) atoms. The summed E-state index contributed by atoms with van der Waals surface area (Å²) >= 11 is 3.12. The van der Waals surface area contributed by atoms with Crippen LogP contribution in [0.1, 0.15) is 25.5 Å². The van der Waals surface area contributed by atoms with Crippen molar-refractivity contribution in [1.82, 2.24) is 5.32 Å². The molecule has 1 aliphatic rings. The summed E-state index contributed by atoms with van der Waals surface area (Å²) in [7, 11) is 0. The average Bonchev–Trinajstić information content (AvgIpc) is 2.52. The maximum Gasteiger partial charge on any atom is 0.408 e. The monoisotopic (exact) mass is 314 g/mol. The largest absolute Gasteiger partial charge is 0.441 e. The maximum atomic E-state index is 11.3. The van der Waals surface area contributed by atoms with Crippen molar-refractivity contribution in [3.05, 3.63) is 38.3 Å². The molecule has 1 N–H and O–H groups in total. The average molecular weight is 315 g/mol. The van der Waals surface area contributed by atoms with Gasteiger partial charge in [-0.25, -0.2) is 4.79 Å². The van der Waals surface area contributed by atoms with Crippen LogP contribution >= 0.6 is 15.9 Å². The molecule has 0 bridgehead atoms. The van der Waals surface area contributed by atoms with Gasteiger partial charge in [-0.2, -0.15) is 0 Å². The van der Waals surface area contributed by atoms with Crippen molar-refractivity contribution in [2.24, 2.45) is 0 Å². The fourth-order valence-corrected chi connectivity index (χ4v) is 2.34. The molecule has 2 rings (SSSR count). The predicted octanol–water partition coefficient (Wildman–Crippen LogP) is 2.92. The molecule has 96 valence electrons. The summed E-state index contributed by atoms with van der Waals surface area (Å²) in [6.45, 7) is 3.51. The summed E-state index contributed by atoms with van der Waals surface area (Å²) in [5.41, 5.74) is -0.135. The number of hydrogen-bond donors (Lipinski definition) is 1. The molecule has 0 radical (unpaired) electrons. The highest BCUT2D eigenvalue weighted by atomic mass is 79.9. The molecule has 0 aromatic heterocycles. The van der Waals surface area contributed by atoms with Gasteiger partial charge in [0, 0.05) is 6.07 Å². The minimum atomic E-state index is -0.737. The van der Waals surface area contributed by atoms with Gasteiger partial charge in [0.2, 0.25) is 0 Å². The molecule has 1 heterocycles. The first-order valence-electron chi connectivity index (χ1n) is 5.24. The van der Waals surface area contributed by atoms with E-state index in [2.05, 4.69) is 21.2 Å². The molecular weight excluding hydrogens is 304 g/mol. The van der Waals surface area contributed by atoms with E-state index < -0.39 is 22.7 Å². The lowest BCUT2D eigenvalue weighted by molar-refractivity contribution is -0.385. The van der Waals surface area contributed by atoms with Crippen LogP contribution in [0.5, 0.6) is 0 Å². The molecular formula is C11H11BrN2O4. The third kappa shape index (κ3) is 2.17. The second kappa shape index (κ2) is 4.24. The molecule has 1 aromatic carbocycles. The molecule has 0 aliphatic carbocycles. The summed E-state index contributed by atoms with van der Waals surface area (Å²) in [6, 6.07) is 4.34. The molecule has 1 aliphatic heterocycles. The molecule has 6 nitrogen and oxygen atoms in total. The van der Waals surface area contributed by atoms with Gasteiger partial charge in [-0.15, -0.1) is 0 Å². The summed E-state index contributed by atoms with van der Waals surface area (Å²) in [5, 5.41) is 13.5. The van der Waals surface area contributed by atoms with Crippen molar-refractivity contribution in [3.63, 3.8) is 0 Å². The number of benzene rings is 1. The summed E-state index contributed by atoms with van der Waals surface area (Å²) in [4.78, 5) is 21.6. The summed E-state index contributed by atoms with van der Waals surface area (Å²) in [6.07, 6.45) is -0.518. The minimum Gasteiger partial charge on any atom is -0.441 e. The zero-order valence-electron chi connectivity index (χ0n) is 9.77. The Labute approximate surface area is 112 Å². The lowest BCUT2D eigenvalue weighted by atomic mass is 9.92. The van der Waals surface area contributed by atoms with E-state index in [0.717, 1.165) is 0 Å². The number of nitro benzene ring substituents is 1. The van der Waals surface area contributed by atoms with Gasteiger partial charge in [-0.3, -0.25) is 10.1 Å². The van der Waals surface area contributed by atoms with Crippen molar-refractivity contribution in [2.75, 3.05) is 0 Å². The van der Waals surface area contributed by atoms with E-state index in [-0.39, 0.29) is 5.69 Å². The molecule has 1 fully saturated rings. The van der Waals surface area contributed by atoms with Crippen LogP contribution < -0.4 is 5.32 Å². The van der Waals surface area contributed by atoms with Gasteiger partial charge in [-0.05, 0) is 41.4 Å². The Balaban J connectivity index is 2.43. The van der Waals surface area contributed by atoms with E-state index in [4.69, 9.17) is 4.74 Å². The number of amides is 1. The number of ether oxygens (including phenoxy) is 1. The molecule has 1 atom stereocenters. The first-order valence-corrected chi connectivity index (χ1v) is 6.04. The van der Waals surface area contributed by atoms with Crippen LogP contribution in [0.25, 0.3) is 0 Å². The van der Waals surface area contributed by atoms with Gasteiger partial charge in [0.15, 0.2) is 0 Å². The fraction of sp³-hybridized carbons (Fsp3) is 0.364. The minimum absolute atomic E-state index is 0.0375. The van der Waals surface area contributed by atoms with E-state index in [1.54, 1.807) is 26.0 Å². The highest BCUT2D eigenvalue weighted by Gasteiger charge is 2.42. The van der Waals surface area contributed by atoms with Crippen molar-refractivity contribution < 1.29 is 14.5 Å². The topological polar surface area (TPSA) is 81.5 Å². The first kappa shape index (κ1) is 12.8. The van der Waals surface area contributed by atoms with Crippen molar-refractivity contribution in [1.29, 1.82) is 0 Å². The molecule has 0 spiro atoms. The molecule has 1 saturated heterocycles. The van der Waals surface area contributed by atoms with Gasteiger partial charge in [-0.1, -0.05) is 6.07 Å². The number of nitrogens with one attached hydrogen (secondary N) is 1. The number of nitrogens with zero attached hydrogens (tertiary/aromatic N) is 1. The van der Waals surface area contributed by atoms with Crippen LogP contribution in [0, 0.1) is 10.1 Å². The van der Waals surface area contributed by atoms with E-state index in [1.807, 2.05) is 0 Å². The number of rotatable bonds is 2. The Bertz CT molecular complexity index is 530. The number of halogens is 1.